The lowest BCUT2D eigenvalue weighted by Crippen LogP contribution is -2.35. The second-order valence-electron chi connectivity index (χ2n) is 6.24. The van der Waals surface area contributed by atoms with Gasteiger partial charge in [-0.3, -0.25) is 4.79 Å². The molecule has 3 aromatic carbocycles. The van der Waals surface area contributed by atoms with E-state index in [1.165, 1.54) is 0 Å². The van der Waals surface area contributed by atoms with Crippen LogP contribution in [0.15, 0.2) is 85.5 Å². The van der Waals surface area contributed by atoms with Gasteiger partial charge in [-0.2, -0.15) is 0 Å². The minimum atomic E-state index is -0.574. The fraction of sp³-hybridized carbons (Fsp3) is 0.130. The summed E-state index contributed by atoms with van der Waals surface area (Å²) in [5.74, 6) is -0.0611. The van der Waals surface area contributed by atoms with Gasteiger partial charge in [0, 0.05) is 12.0 Å². The molecule has 0 aromatic heterocycles. The molecule has 1 unspecified atom stereocenters. The number of amides is 1. The minimum absolute atomic E-state index is 0.0611. The van der Waals surface area contributed by atoms with Crippen LogP contribution in [0.2, 0.25) is 0 Å². The molecule has 0 spiro atoms. The number of rotatable bonds is 7. The number of carbonyl (C=O) groups is 2. The summed E-state index contributed by atoms with van der Waals surface area (Å²) in [5.41, 5.74) is 1.51. The number of fused-ring (bicyclic) bond motifs is 1. The summed E-state index contributed by atoms with van der Waals surface area (Å²) in [5, 5.41) is 4.76. The summed E-state index contributed by atoms with van der Waals surface area (Å²) < 4.78 is 5.20. The third kappa shape index (κ3) is 5.05. The number of hydrogen-bond acceptors (Lipinski definition) is 3. The van der Waals surface area contributed by atoms with Crippen molar-refractivity contribution in [3.05, 3.63) is 96.6 Å². The normalized spacial score (nSPS) is 11.6. The topological polar surface area (TPSA) is 55.4 Å². The molecule has 4 nitrogen and oxygen atoms in total. The van der Waals surface area contributed by atoms with E-state index in [0.717, 1.165) is 16.3 Å². The Hall–Kier alpha value is -3.40. The Morgan fingerprint density at radius 2 is 1.67 bits per heavy atom. The Kier molecular flexibility index (Phi) is 6.00. The van der Waals surface area contributed by atoms with Crippen LogP contribution in [0.1, 0.15) is 22.3 Å². The molecule has 1 atom stereocenters. The lowest BCUT2D eigenvalue weighted by atomic mass is 10.0. The molecule has 0 radical (unpaired) electrons. The van der Waals surface area contributed by atoms with Crippen LogP contribution in [0.25, 0.3) is 10.8 Å². The summed E-state index contributed by atoms with van der Waals surface area (Å²) in [7, 11) is 0. The van der Waals surface area contributed by atoms with Crippen LogP contribution < -0.4 is 5.32 Å². The highest BCUT2D eigenvalue weighted by Crippen LogP contribution is 2.17. The van der Waals surface area contributed by atoms with Gasteiger partial charge in [0.15, 0.2) is 5.78 Å². The first-order chi connectivity index (χ1) is 13.2. The number of ether oxygens (including phenoxy) is 1. The van der Waals surface area contributed by atoms with Gasteiger partial charge in [-0.1, -0.05) is 72.8 Å². The third-order valence-corrected chi connectivity index (χ3v) is 4.28. The number of Topliss-reactive ketones (excluding diaryl/α,β-unsaturated/α-hetero) is 1. The van der Waals surface area contributed by atoms with Gasteiger partial charge in [0.2, 0.25) is 0 Å². The molecule has 0 heterocycles. The molecular weight excluding hydrogens is 338 g/mol. The van der Waals surface area contributed by atoms with Gasteiger partial charge in [-0.15, -0.1) is 6.58 Å². The van der Waals surface area contributed by atoms with Crippen molar-refractivity contribution >= 4 is 22.6 Å². The monoisotopic (exact) mass is 359 g/mol. The third-order valence-electron chi connectivity index (χ3n) is 4.28. The van der Waals surface area contributed by atoms with E-state index in [1.54, 1.807) is 12.1 Å². The fourth-order valence-corrected chi connectivity index (χ4v) is 2.79. The maximum Gasteiger partial charge on any atom is 0.407 e. The van der Waals surface area contributed by atoms with Crippen molar-refractivity contribution in [2.24, 2.45) is 0 Å². The first-order valence-electron chi connectivity index (χ1n) is 8.77. The zero-order chi connectivity index (χ0) is 19.1. The van der Waals surface area contributed by atoms with E-state index in [2.05, 4.69) is 11.9 Å². The summed E-state index contributed by atoms with van der Waals surface area (Å²) in [6.45, 7) is 3.88. The van der Waals surface area contributed by atoms with Gasteiger partial charge in [-0.05, 0) is 22.4 Å². The molecule has 0 fully saturated rings. The molecule has 1 N–H and O–H groups in total. The van der Waals surface area contributed by atoms with E-state index in [4.69, 9.17) is 4.74 Å². The van der Waals surface area contributed by atoms with Crippen LogP contribution in [-0.4, -0.2) is 17.9 Å². The first kappa shape index (κ1) is 18.4. The molecule has 0 bridgehead atoms. The number of hydrogen-bond donors (Lipinski definition) is 1. The molecule has 4 heteroatoms. The van der Waals surface area contributed by atoms with E-state index in [1.807, 2.05) is 66.7 Å². The quantitative estimate of drug-likeness (QED) is 0.482. The van der Waals surface area contributed by atoms with Crippen LogP contribution in [0.4, 0.5) is 4.79 Å². The maximum absolute atomic E-state index is 12.6. The standard InChI is InChI=1S/C23H21NO3/c1-2-21(24-23(26)27-16-17-8-4-3-5-9-17)15-22(25)20-13-12-18-10-6-7-11-19(18)14-20/h2-14,21H,1,15-16H2,(H,24,26). The second-order valence-corrected chi connectivity index (χ2v) is 6.24. The van der Waals surface area contributed by atoms with Gasteiger partial charge in [0.05, 0.1) is 6.04 Å². The van der Waals surface area contributed by atoms with Crippen LogP contribution >= 0.6 is 0 Å². The van der Waals surface area contributed by atoms with Crippen LogP contribution in [0, 0.1) is 0 Å². The molecular formula is C23H21NO3. The molecule has 0 saturated carbocycles. The number of nitrogens with one attached hydrogen (secondary N) is 1. The van der Waals surface area contributed by atoms with Crippen molar-refractivity contribution in [1.82, 2.24) is 5.32 Å². The van der Waals surface area contributed by atoms with Crippen molar-refractivity contribution in [1.29, 1.82) is 0 Å². The summed E-state index contributed by atoms with van der Waals surface area (Å²) in [6, 6.07) is 22.4. The number of benzene rings is 3. The Balaban J connectivity index is 1.57. The zero-order valence-electron chi connectivity index (χ0n) is 14.9. The molecule has 0 aliphatic heterocycles. The molecule has 0 aliphatic rings. The highest BCUT2D eigenvalue weighted by molar-refractivity contribution is 6.00. The Morgan fingerprint density at radius 1 is 0.963 bits per heavy atom. The van der Waals surface area contributed by atoms with Crippen LogP contribution in [0.3, 0.4) is 0 Å². The lowest BCUT2D eigenvalue weighted by Gasteiger charge is -2.14. The zero-order valence-corrected chi connectivity index (χ0v) is 14.9. The summed E-state index contributed by atoms with van der Waals surface area (Å²) >= 11 is 0. The first-order valence-corrected chi connectivity index (χ1v) is 8.77. The number of carbonyl (C=O) groups excluding carboxylic acids is 2. The van der Waals surface area contributed by atoms with Crippen molar-refractivity contribution in [3.63, 3.8) is 0 Å². The van der Waals surface area contributed by atoms with Crippen molar-refractivity contribution < 1.29 is 14.3 Å². The largest absolute Gasteiger partial charge is 0.445 e. The number of ketones is 1. The number of alkyl carbamates (subject to hydrolysis) is 1. The average molecular weight is 359 g/mol. The Morgan fingerprint density at radius 3 is 2.41 bits per heavy atom. The molecule has 0 saturated heterocycles. The van der Waals surface area contributed by atoms with Crippen molar-refractivity contribution in [3.8, 4) is 0 Å². The van der Waals surface area contributed by atoms with Gasteiger partial charge < -0.3 is 10.1 Å². The minimum Gasteiger partial charge on any atom is -0.445 e. The lowest BCUT2D eigenvalue weighted by molar-refractivity contribution is 0.0971. The Bertz CT molecular complexity index is 950. The predicted octanol–water partition coefficient (Wildman–Crippen LogP) is 4.89. The van der Waals surface area contributed by atoms with Gasteiger partial charge >= 0.3 is 6.09 Å². The van der Waals surface area contributed by atoms with Crippen LogP contribution in [-0.2, 0) is 11.3 Å². The molecule has 136 valence electrons. The van der Waals surface area contributed by atoms with Gasteiger partial charge in [0.25, 0.3) is 0 Å². The van der Waals surface area contributed by atoms with E-state index in [-0.39, 0.29) is 18.8 Å². The van der Waals surface area contributed by atoms with E-state index >= 15 is 0 Å². The molecule has 27 heavy (non-hydrogen) atoms. The smallest absolute Gasteiger partial charge is 0.407 e. The average Bonchev–Trinajstić information content (AvgIpc) is 2.72. The van der Waals surface area contributed by atoms with E-state index in [9.17, 15) is 9.59 Å². The van der Waals surface area contributed by atoms with Crippen molar-refractivity contribution in [2.75, 3.05) is 0 Å². The highest BCUT2D eigenvalue weighted by Gasteiger charge is 2.16. The van der Waals surface area contributed by atoms with Gasteiger partial charge in [0.1, 0.15) is 6.61 Å². The molecule has 0 aliphatic carbocycles. The fourth-order valence-electron chi connectivity index (χ4n) is 2.79. The van der Waals surface area contributed by atoms with E-state index in [0.29, 0.717) is 5.56 Å². The molecule has 3 rings (SSSR count). The SMILES string of the molecule is C=CC(CC(=O)c1ccc2ccccc2c1)NC(=O)OCc1ccccc1. The predicted molar refractivity (Wildman–Crippen MR) is 107 cm³/mol. The molecule has 3 aromatic rings. The summed E-state index contributed by atoms with van der Waals surface area (Å²) in [4.78, 5) is 24.6. The maximum atomic E-state index is 12.6. The Labute approximate surface area is 158 Å². The van der Waals surface area contributed by atoms with E-state index < -0.39 is 12.1 Å². The van der Waals surface area contributed by atoms with Gasteiger partial charge in [-0.25, -0.2) is 4.79 Å². The second kappa shape index (κ2) is 8.81. The van der Waals surface area contributed by atoms with Crippen molar-refractivity contribution in [2.45, 2.75) is 19.1 Å². The van der Waals surface area contributed by atoms with Crippen LogP contribution in [0.5, 0.6) is 0 Å². The highest BCUT2D eigenvalue weighted by atomic mass is 16.5. The molecule has 1 amide bonds. The summed E-state index contributed by atoms with van der Waals surface area (Å²) in [6.07, 6.45) is 1.10.